The van der Waals surface area contributed by atoms with Gasteiger partial charge in [-0.3, -0.25) is 4.57 Å². The van der Waals surface area contributed by atoms with E-state index < -0.39 is 7.52 Å². The van der Waals surface area contributed by atoms with Gasteiger partial charge in [0.05, 0.1) is 5.30 Å². The molecule has 0 aromatic heterocycles. The van der Waals surface area contributed by atoms with Gasteiger partial charge in [-0.25, -0.2) is 5.09 Å². The van der Waals surface area contributed by atoms with E-state index in [4.69, 9.17) is 4.52 Å². The molecular formula is C16H18NO2P. The van der Waals surface area contributed by atoms with Crippen molar-refractivity contribution in [3.8, 4) is 16.9 Å². The number of benzene rings is 2. The maximum Gasteiger partial charge on any atom is 0.347 e. The van der Waals surface area contributed by atoms with Gasteiger partial charge in [-0.1, -0.05) is 49.7 Å². The van der Waals surface area contributed by atoms with Gasteiger partial charge in [0, 0.05) is 17.7 Å². The quantitative estimate of drug-likeness (QED) is 0.683. The molecule has 1 heterocycles. The average molecular weight is 287 g/mol. The van der Waals surface area contributed by atoms with Crippen LogP contribution in [0.25, 0.3) is 11.1 Å². The lowest BCUT2D eigenvalue weighted by Gasteiger charge is -2.28. The molecule has 0 spiro atoms. The Hall–Kier alpha value is -1.57. The molecule has 2 aromatic carbocycles. The molecule has 3 nitrogen and oxygen atoms in total. The Morgan fingerprint density at radius 2 is 1.75 bits per heavy atom. The minimum absolute atomic E-state index is 0.693. The normalized spacial score (nSPS) is 19.9. The van der Waals surface area contributed by atoms with Gasteiger partial charge in [-0.05, 0) is 18.6 Å². The lowest BCUT2D eigenvalue weighted by atomic mass is 10.0. The summed E-state index contributed by atoms with van der Waals surface area (Å²) in [6.07, 6.45) is 2.04. The Morgan fingerprint density at radius 3 is 2.55 bits per heavy atom. The van der Waals surface area contributed by atoms with Crippen molar-refractivity contribution in [1.82, 2.24) is 5.09 Å². The topological polar surface area (TPSA) is 38.3 Å². The van der Waals surface area contributed by atoms with E-state index in [-0.39, 0.29) is 0 Å². The molecule has 0 radical (unpaired) electrons. The van der Waals surface area contributed by atoms with Crippen LogP contribution in [0.5, 0.6) is 5.75 Å². The second-order valence-corrected chi connectivity index (χ2v) is 7.00. The summed E-state index contributed by atoms with van der Waals surface area (Å²) < 4.78 is 19.0. The van der Waals surface area contributed by atoms with E-state index in [1.54, 1.807) is 0 Å². The summed E-state index contributed by atoms with van der Waals surface area (Å²) in [6, 6.07) is 15.5. The third kappa shape index (κ3) is 2.28. The van der Waals surface area contributed by atoms with E-state index in [9.17, 15) is 4.57 Å². The van der Waals surface area contributed by atoms with Crippen LogP contribution in [0.2, 0.25) is 0 Å². The number of nitrogens with one attached hydrogen (secondary N) is 1. The molecule has 1 aliphatic rings. The number of hydrogen-bond donors (Lipinski definition) is 1. The minimum atomic E-state index is -3.02. The van der Waals surface area contributed by atoms with Crippen molar-refractivity contribution in [1.29, 1.82) is 0 Å². The first-order valence-corrected chi connectivity index (χ1v) is 8.61. The molecule has 1 N–H and O–H groups in total. The number of hydrogen-bond acceptors (Lipinski definition) is 2. The first-order valence-electron chi connectivity index (χ1n) is 6.98. The van der Waals surface area contributed by atoms with Crippen LogP contribution in [0.3, 0.4) is 0 Å². The predicted octanol–water partition coefficient (Wildman–Crippen LogP) is 3.95. The highest BCUT2D eigenvalue weighted by Gasteiger charge is 2.35. The molecule has 1 atom stereocenters. The van der Waals surface area contributed by atoms with Crippen LogP contribution in [0.15, 0.2) is 48.5 Å². The lowest BCUT2D eigenvalue weighted by Crippen LogP contribution is -2.28. The van der Waals surface area contributed by atoms with Crippen molar-refractivity contribution in [2.24, 2.45) is 0 Å². The van der Waals surface area contributed by atoms with E-state index in [0.717, 1.165) is 29.3 Å². The van der Waals surface area contributed by atoms with E-state index in [2.05, 4.69) is 12.0 Å². The Bertz CT molecular complexity index is 669. The molecule has 1 aliphatic heterocycles. The summed E-state index contributed by atoms with van der Waals surface area (Å²) >= 11 is 0. The van der Waals surface area contributed by atoms with Crippen molar-refractivity contribution in [2.45, 2.75) is 19.8 Å². The van der Waals surface area contributed by atoms with E-state index in [1.165, 1.54) is 0 Å². The number of rotatable bonds is 4. The van der Waals surface area contributed by atoms with Crippen molar-refractivity contribution in [3.05, 3.63) is 48.5 Å². The fourth-order valence-electron chi connectivity index (χ4n) is 2.43. The van der Waals surface area contributed by atoms with Gasteiger partial charge in [0.15, 0.2) is 0 Å². The fraction of sp³-hybridized carbons (Fsp3) is 0.250. The zero-order valence-corrected chi connectivity index (χ0v) is 12.4. The predicted molar refractivity (Wildman–Crippen MR) is 82.7 cm³/mol. The molecule has 2 aromatic rings. The zero-order valence-electron chi connectivity index (χ0n) is 11.5. The average Bonchev–Trinajstić information content (AvgIpc) is 2.48. The Kier molecular flexibility index (Phi) is 3.64. The summed E-state index contributed by atoms with van der Waals surface area (Å²) in [5.74, 6) is 0.693. The highest BCUT2D eigenvalue weighted by Crippen LogP contribution is 2.51. The van der Waals surface area contributed by atoms with Crippen molar-refractivity contribution < 1.29 is 9.09 Å². The molecule has 20 heavy (non-hydrogen) atoms. The van der Waals surface area contributed by atoms with Gasteiger partial charge in [0.2, 0.25) is 0 Å². The SMILES string of the molecule is CCCCNP1(=O)Oc2ccccc2-c2ccccc21. The van der Waals surface area contributed by atoms with Crippen LogP contribution >= 0.6 is 7.52 Å². The van der Waals surface area contributed by atoms with Gasteiger partial charge in [0.1, 0.15) is 5.75 Å². The largest absolute Gasteiger partial charge is 0.429 e. The molecule has 0 aliphatic carbocycles. The third-order valence-electron chi connectivity index (χ3n) is 3.48. The van der Waals surface area contributed by atoms with Gasteiger partial charge in [-0.2, -0.15) is 0 Å². The molecule has 0 fully saturated rings. The zero-order chi connectivity index (χ0) is 14.0. The molecule has 4 heteroatoms. The van der Waals surface area contributed by atoms with E-state index >= 15 is 0 Å². The third-order valence-corrected chi connectivity index (χ3v) is 5.59. The Balaban J connectivity index is 2.06. The van der Waals surface area contributed by atoms with Crippen molar-refractivity contribution >= 4 is 12.8 Å². The number of unbranched alkanes of at least 4 members (excludes halogenated alkanes) is 1. The molecule has 104 valence electrons. The number of para-hydroxylation sites is 1. The van der Waals surface area contributed by atoms with Crippen LogP contribution < -0.4 is 14.9 Å². The smallest absolute Gasteiger partial charge is 0.347 e. The number of fused-ring (bicyclic) bond motifs is 3. The second kappa shape index (κ2) is 5.43. The Morgan fingerprint density at radius 1 is 1.05 bits per heavy atom. The summed E-state index contributed by atoms with van der Waals surface area (Å²) in [4.78, 5) is 0. The van der Waals surface area contributed by atoms with Gasteiger partial charge >= 0.3 is 7.52 Å². The molecule has 3 rings (SSSR count). The fourth-order valence-corrected chi connectivity index (χ4v) is 4.45. The van der Waals surface area contributed by atoms with Crippen LogP contribution in [0.1, 0.15) is 19.8 Å². The van der Waals surface area contributed by atoms with Gasteiger partial charge in [0.25, 0.3) is 0 Å². The van der Waals surface area contributed by atoms with E-state index in [0.29, 0.717) is 12.3 Å². The van der Waals surface area contributed by atoms with Crippen molar-refractivity contribution in [2.75, 3.05) is 6.54 Å². The monoisotopic (exact) mass is 287 g/mol. The van der Waals surface area contributed by atoms with Crippen LogP contribution in [0, 0.1) is 0 Å². The first kappa shape index (κ1) is 13.4. The van der Waals surface area contributed by atoms with Crippen LogP contribution in [-0.2, 0) is 4.57 Å². The highest BCUT2D eigenvalue weighted by molar-refractivity contribution is 7.65. The standard InChI is InChI=1S/C16H18NO2P/c1-2-3-12-17-20(18)16-11-7-5-9-14(16)13-8-4-6-10-15(13)19-20/h4-11H,2-3,12H2,1H3,(H,17,18). The second-order valence-electron chi connectivity index (χ2n) is 4.92. The summed E-state index contributed by atoms with van der Waals surface area (Å²) in [5, 5.41) is 3.90. The minimum Gasteiger partial charge on any atom is -0.429 e. The van der Waals surface area contributed by atoms with Crippen molar-refractivity contribution in [3.63, 3.8) is 0 Å². The van der Waals surface area contributed by atoms with Gasteiger partial charge in [-0.15, -0.1) is 0 Å². The molecule has 0 saturated carbocycles. The Labute approximate surface area is 119 Å². The van der Waals surface area contributed by atoms with Crippen LogP contribution in [-0.4, -0.2) is 6.54 Å². The molecular weight excluding hydrogens is 269 g/mol. The summed E-state index contributed by atoms with van der Waals surface area (Å²) in [5.41, 5.74) is 2.01. The molecule has 0 saturated heterocycles. The first-order chi connectivity index (χ1) is 9.74. The molecule has 0 amide bonds. The molecule has 0 bridgehead atoms. The maximum absolute atomic E-state index is 13.2. The highest BCUT2D eigenvalue weighted by atomic mass is 31.2. The maximum atomic E-state index is 13.2. The lowest BCUT2D eigenvalue weighted by molar-refractivity contribution is 0.476. The molecule has 1 unspecified atom stereocenters. The summed E-state index contributed by atoms with van der Waals surface area (Å²) in [7, 11) is -3.02. The van der Waals surface area contributed by atoms with Gasteiger partial charge < -0.3 is 4.52 Å². The summed E-state index contributed by atoms with van der Waals surface area (Å²) in [6.45, 7) is 2.81. The van der Waals surface area contributed by atoms with Crippen LogP contribution in [0.4, 0.5) is 0 Å². The van der Waals surface area contributed by atoms with E-state index in [1.807, 2.05) is 48.5 Å².